The van der Waals surface area contributed by atoms with Gasteiger partial charge in [-0.05, 0) is 50.0 Å². The Morgan fingerprint density at radius 1 is 1.23 bits per heavy atom. The lowest BCUT2D eigenvalue weighted by Gasteiger charge is -2.45. The second-order valence-corrected chi connectivity index (χ2v) is 8.14. The quantitative estimate of drug-likeness (QED) is 0.301. The minimum absolute atomic E-state index is 0.348. The lowest BCUT2D eigenvalue weighted by molar-refractivity contribution is -0.132. The molecule has 1 aromatic rings. The molecule has 3 rings (SSSR count). The molecule has 0 spiro atoms. The third kappa shape index (κ3) is 5.38. The summed E-state index contributed by atoms with van der Waals surface area (Å²) in [5.41, 5.74) is 7.46. The Bertz CT molecular complexity index is 905. The smallest absolute Gasteiger partial charge is 0.267 e. The highest BCUT2D eigenvalue weighted by Crippen LogP contribution is 2.21. The normalized spacial score (nSPS) is 17.9. The minimum Gasteiger partial charge on any atom is -0.378 e. The van der Waals surface area contributed by atoms with Gasteiger partial charge in [0.15, 0.2) is 0 Å². The Labute approximate surface area is 176 Å². The molecule has 0 saturated carbocycles. The maximum Gasteiger partial charge on any atom is 0.267 e. The molecule has 2 aliphatic heterocycles. The van der Waals surface area contributed by atoms with E-state index in [2.05, 4.69) is 33.9 Å². The Morgan fingerprint density at radius 2 is 1.90 bits per heavy atom. The average molecular weight is 410 g/mol. The number of carbonyl (C=O) groups is 2. The van der Waals surface area contributed by atoms with E-state index in [9.17, 15) is 9.59 Å². The van der Waals surface area contributed by atoms with E-state index >= 15 is 0 Å². The first-order valence-electron chi connectivity index (χ1n) is 9.75. The van der Waals surface area contributed by atoms with E-state index in [1.165, 1.54) is 5.48 Å². The summed E-state index contributed by atoms with van der Waals surface area (Å²) in [4.78, 5) is 26.6. The molecule has 1 atom stereocenters. The fourth-order valence-corrected chi connectivity index (χ4v) is 3.15. The van der Waals surface area contributed by atoms with Gasteiger partial charge >= 0.3 is 0 Å². The Kier molecular flexibility index (Phi) is 6.76. The first-order valence-corrected chi connectivity index (χ1v) is 9.75. The summed E-state index contributed by atoms with van der Waals surface area (Å²) in [5.74, 6) is 11.0. The SMILES string of the molecule is CC(C)(N)[C@H](NC(=O)c1ccc(C#CC#CC2CN(C3COC3)C2)cc1)C(=O)NO. The first kappa shape index (κ1) is 21.8. The van der Waals surface area contributed by atoms with E-state index in [4.69, 9.17) is 15.7 Å². The second-order valence-electron chi connectivity index (χ2n) is 8.14. The predicted octanol–water partition coefficient (Wildman–Crippen LogP) is -0.287. The molecule has 1 aromatic carbocycles. The highest BCUT2D eigenvalue weighted by Gasteiger charge is 2.35. The highest BCUT2D eigenvalue weighted by atomic mass is 16.5. The summed E-state index contributed by atoms with van der Waals surface area (Å²) < 4.78 is 5.19. The number of nitrogens with two attached hydrogens (primary N) is 1. The summed E-state index contributed by atoms with van der Waals surface area (Å²) in [6.45, 7) is 6.76. The van der Waals surface area contributed by atoms with Gasteiger partial charge in [0.25, 0.3) is 11.8 Å². The fourth-order valence-electron chi connectivity index (χ4n) is 3.15. The van der Waals surface area contributed by atoms with Gasteiger partial charge in [0.1, 0.15) is 6.04 Å². The monoisotopic (exact) mass is 410 g/mol. The van der Waals surface area contributed by atoms with Crippen molar-refractivity contribution in [3.63, 3.8) is 0 Å². The molecule has 0 aromatic heterocycles. The average Bonchev–Trinajstić information content (AvgIpc) is 2.64. The number of amides is 2. The molecule has 0 aliphatic carbocycles. The fraction of sp³-hybridized carbons (Fsp3) is 0.455. The van der Waals surface area contributed by atoms with Crippen LogP contribution < -0.4 is 16.5 Å². The van der Waals surface area contributed by atoms with Crippen LogP contribution >= 0.6 is 0 Å². The van der Waals surface area contributed by atoms with Gasteiger partial charge in [0.2, 0.25) is 0 Å². The van der Waals surface area contributed by atoms with Crippen LogP contribution in [-0.2, 0) is 9.53 Å². The van der Waals surface area contributed by atoms with Crippen LogP contribution in [0.15, 0.2) is 24.3 Å². The van der Waals surface area contributed by atoms with E-state index in [1.807, 2.05) is 0 Å². The van der Waals surface area contributed by atoms with Gasteiger partial charge in [-0.3, -0.25) is 19.7 Å². The number of ether oxygens (including phenoxy) is 1. The zero-order valence-electron chi connectivity index (χ0n) is 17.1. The Balaban J connectivity index is 1.53. The van der Waals surface area contributed by atoms with Crippen LogP contribution in [0.2, 0.25) is 0 Å². The molecule has 0 bridgehead atoms. The van der Waals surface area contributed by atoms with E-state index < -0.39 is 23.4 Å². The van der Waals surface area contributed by atoms with Gasteiger partial charge in [-0.25, -0.2) is 5.48 Å². The number of carbonyl (C=O) groups excluding carboxylic acids is 2. The summed E-state index contributed by atoms with van der Waals surface area (Å²) in [5, 5.41) is 11.4. The summed E-state index contributed by atoms with van der Waals surface area (Å²) in [7, 11) is 0. The van der Waals surface area contributed by atoms with Gasteiger partial charge in [0.05, 0.1) is 19.3 Å². The van der Waals surface area contributed by atoms with Crippen molar-refractivity contribution in [3.8, 4) is 23.7 Å². The minimum atomic E-state index is -1.09. The zero-order chi connectivity index (χ0) is 21.7. The maximum atomic E-state index is 12.4. The third-order valence-electron chi connectivity index (χ3n) is 5.13. The molecule has 0 unspecified atom stereocenters. The maximum absolute atomic E-state index is 12.4. The summed E-state index contributed by atoms with van der Waals surface area (Å²) in [6.07, 6.45) is 0. The third-order valence-corrected chi connectivity index (χ3v) is 5.13. The van der Waals surface area contributed by atoms with Crippen LogP contribution in [0.5, 0.6) is 0 Å². The number of hydroxylamine groups is 1. The number of nitrogens with one attached hydrogen (secondary N) is 2. The van der Waals surface area contributed by atoms with Crippen LogP contribution in [0, 0.1) is 29.6 Å². The van der Waals surface area contributed by atoms with Crippen molar-refractivity contribution in [2.75, 3.05) is 26.3 Å². The van der Waals surface area contributed by atoms with E-state index in [0.717, 1.165) is 31.9 Å². The number of benzene rings is 1. The van der Waals surface area contributed by atoms with Crippen molar-refractivity contribution in [3.05, 3.63) is 35.4 Å². The van der Waals surface area contributed by atoms with E-state index in [0.29, 0.717) is 17.5 Å². The second kappa shape index (κ2) is 9.29. The lowest BCUT2D eigenvalue weighted by Crippen LogP contribution is -2.61. The van der Waals surface area contributed by atoms with Gasteiger partial charge in [-0.1, -0.05) is 11.8 Å². The summed E-state index contributed by atoms with van der Waals surface area (Å²) >= 11 is 0. The largest absolute Gasteiger partial charge is 0.378 e. The lowest BCUT2D eigenvalue weighted by atomic mass is 9.95. The van der Waals surface area contributed by atoms with E-state index in [-0.39, 0.29) is 0 Å². The number of hydrogen-bond acceptors (Lipinski definition) is 6. The topological polar surface area (TPSA) is 117 Å². The number of rotatable bonds is 5. The van der Waals surface area contributed by atoms with Crippen molar-refractivity contribution in [1.82, 2.24) is 15.7 Å². The Hall–Kier alpha value is -2.88. The molecule has 2 saturated heterocycles. The molecule has 8 nitrogen and oxygen atoms in total. The molecule has 158 valence electrons. The van der Waals surface area contributed by atoms with Gasteiger partial charge in [-0.2, -0.15) is 0 Å². The molecule has 30 heavy (non-hydrogen) atoms. The van der Waals surface area contributed by atoms with Gasteiger partial charge in [0, 0.05) is 35.7 Å². The van der Waals surface area contributed by atoms with Crippen LogP contribution in [-0.4, -0.2) is 65.8 Å². The molecule has 2 amide bonds. The van der Waals surface area contributed by atoms with Crippen LogP contribution in [0.3, 0.4) is 0 Å². The predicted molar refractivity (Wildman–Crippen MR) is 110 cm³/mol. The molecule has 8 heteroatoms. The highest BCUT2D eigenvalue weighted by molar-refractivity contribution is 5.97. The van der Waals surface area contributed by atoms with Crippen LogP contribution in [0.4, 0.5) is 0 Å². The number of nitrogens with zero attached hydrogens (tertiary/aromatic N) is 1. The first-order chi connectivity index (χ1) is 14.3. The molecular formula is C22H26N4O4. The van der Waals surface area contributed by atoms with Crippen molar-refractivity contribution >= 4 is 11.8 Å². The molecule has 5 N–H and O–H groups in total. The Morgan fingerprint density at radius 3 is 2.43 bits per heavy atom. The van der Waals surface area contributed by atoms with E-state index in [1.54, 1.807) is 38.1 Å². The standard InChI is InChI=1S/C22H26N4O4/c1-22(2,23)19(21(28)25-29)24-20(27)17-9-7-15(8-10-17)5-3-4-6-16-11-26(12-16)18-13-30-14-18/h7-10,16,18-19,29H,11-14,23H2,1-2H3,(H,24,27)(H,25,28)/t19-/m1/s1. The molecule has 2 heterocycles. The molecular weight excluding hydrogens is 384 g/mol. The number of likely N-dealkylation sites (tertiary alicyclic amines) is 1. The molecule has 2 aliphatic rings. The number of hydrogen-bond donors (Lipinski definition) is 4. The van der Waals surface area contributed by atoms with Crippen LogP contribution in [0.25, 0.3) is 0 Å². The van der Waals surface area contributed by atoms with Crippen molar-refractivity contribution in [1.29, 1.82) is 0 Å². The van der Waals surface area contributed by atoms with Crippen molar-refractivity contribution in [2.24, 2.45) is 11.7 Å². The molecule has 0 radical (unpaired) electrons. The zero-order valence-corrected chi connectivity index (χ0v) is 17.1. The molecule has 2 fully saturated rings. The summed E-state index contributed by atoms with van der Waals surface area (Å²) in [6, 6.07) is 6.10. The van der Waals surface area contributed by atoms with Gasteiger partial charge in [-0.15, -0.1) is 0 Å². The van der Waals surface area contributed by atoms with Crippen LogP contribution in [0.1, 0.15) is 29.8 Å². The van der Waals surface area contributed by atoms with Crippen molar-refractivity contribution < 1.29 is 19.5 Å². The van der Waals surface area contributed by atoms with Gasteiger partial charge < -0.3 is 15.8 Å². The van der Waals surface area contributed by atoms with Crippen molar-refractivity contribution in [2.45, 2.75) is 31.5 Å².